The van der Waals surface area contributed by atoms with Crippen LogP contribution in [0, 0.1) is 11.3 Å². The standard InChI is InChI=1S/C19H12ClF3N2O2S3/c20-12-3-5-13(6-4-12)30(26,27)9-8-29-18-14(11-24)15(19(21,22)23)10-16(25-18)17-2-1-7-28-17/h1-7,10H,8-9H2. The van der Waals surface area contributed by atoms with Gasteiger partial charge in [-0.2, -0.15) is 18.4 Å². The van der Waals surface area contributed by atoms with E-state index >= 15 is 0 Å². The Balaban J connectivity index is 1.90. The highest BCUT2D eigenvalue weighted by Crippen LogP contribution is 2.38. The van der Waals surface area contributed by atoms with Gasteiger partial charge in [0.05, 0.1) is 32.3 Å². The van der Waals surface area contributed by atoms with Crippen molar-refractivity contribution in [2.75, 3.05) is 11.5 Å². The SMILES string of the molecule is N#Cc1c(C(F)(F)F)cc(-c2cccs2)nc1SCCS(=O)(=O)c1ccc(Cl)cc1. The van der Waals surface area contributed by atoms with Crippen molar-refractivity contribution < 1.29 is 21.6 Å². The quantitative estimate of drug-likeness (QED) is 0.403. The lowest BCUT2D eigenvalue weighted by atomic mass is 10.1. The second kappa shape index (κ2) is 8.98. The number of halogens is 4. The summed E-state index contributed by atoms with van der Waals surface area (Å²) in [6.45, 7) is 0. The topological polar surface area (TPSA) is 70.8 Å². The molecule has 11 heteroatoms. The van der Waals surface area contributed by atoms with Gasteiger partial charge in [-0.3, -0.25) is 0 Å². The van der Waals surface area contributed by atoms with Gasteiger partial charge in [-0.15, -0.1) is 23.1 Å². The Bertz CT molecular complexity index is 1190. The average Bonchev–Trinajstić information content (AvgIpc) is 3.21. The van der Waals surface area contributed by atoms with E-state index < -0.39 is 27.1 Å². The van der Waals surface area contributed by atoms with Gasteiger partial charge in [-0.25, -0.2) is 13.4 Å². The molecule has 0 atom stereocenters. The van der Waals surface area contributed by atoms with Crippen molar-refractivity contribution >= 4 is 44.5 Å². The fraction of sp³-hybridized carbons (Fsp3) is 0.158. The van der Waals surface area contributed by atoms with E-state index in [-0.39, 0.29) is 27.1 Å². The number of rotatable bonds is 6. The van der Waals surface area contributed by atoms with Crippen LogP contribution in [0.15, 0.2) is 57.8 Å². The second-order valence-corrected chi connectivity index (χ2v) is 10.5. The van der Waals surface area contributed by atoms with Gasteiger partial charge in [-0.05, 0) is 41.8 Å². The van der Waals surface area contributed by atoms with E-state index in [0.717, 1.165) is 17.8 Å². The van der Waals surface area contributed by atoms with Crippen molar-refractivity contribution in [1.29, 1.82) is 5.26 Å². The predicted octanol–water partition coefficient (Wildman–Crippen LogP) is 5.92. The minimum Gasteiger partial charge on any atom is -0.239 e. The van der Waals surface area contributed by atoms with E-state index in [9.17, 15) is 26.9 Å². The molecule has 0 aliphatic carbocycles. The van der Waals surface area contributed by atoms with E-state index in [2.05, 4.69) is 4.98 Å². The summed E-state index contributed by atoms with van der Waals surface area (Å²) in [4.78, 5) is 4.78. The van der Waals surface area contributed by atoms with Crippen LogP contribution in [0.2, 0.25) is 5.02 Å². The Hall–Kier alpha value is -2.06. The third-order valence-electron chi connectivity index (χ3n) is 3.94. The molecule has 0 amide bonds. The summed E-state index contributed by atoms with van der Waals surface area (Å²) in [5.74, 6) is -0.408. The fourth-order valence-electron chi connectivity index (χ4n) is 2.52. The molecular weight excluding hydrogens is 477 g/mol. The number of hydrogen-bond donors (Lipinski definition) is 0. The van der Waals surface area contributed by atoms with Crippen molar-refractivity contribution in [2.45, 2.75) is 16.1 Å². The molecule has 0 unspecified atom stereocenters. The van der Waals surface area contributed by atoms with E-state index in [1.807, 2.05) is 0 Å². The van der Waals surface area contributed by atoms with Crippen molar-refractivity contribution in [3.05, 3.63) is 64.0 Å². The first kappa shape index (κ1) is 22.6. The summed E-state index contributed by atoms with van der Waals surface area (Å²) in [5.41, 5.74) is -1.62. The van der Waals surface area contributed by atoms with Crippen molar-refractivity contribution in [2.24, 2.45) is 0 Å². The Labute approximate surface area is 184 Å². The van der Waals surface area contributed by atoms with Crippen LogP contribution in [0.25, 0.3) is 10.6 Å². The van der Waals surface area contributed by atoms with Crippen molar-refractivity contribution in [1.82, 2.24) is 4.98 Å². The van der Waals surface area contributed by atoms with Crippen molar-refractivity contribution in [3.8, 4) is 16.6 Å². The largest absolute Gasteiger partial charge is 0.417 e. The number of nitrogens with zero attached hydrogens (tertiary/aromatic N) is 2. The molecule has 0 saturated heterocycles. The predicted molar refractivity (Wildman–Crippen MR) is 111 cm³/mol. The molecule has 4 nitrogen and oxygen atoms in total. The molecule has 0 aliphatic heterocycles. The summed E-state index contributed by atoms with van der Waals surface area (Å²) in [5, 5.41) is 11.3. The highest BCUT2D eigenvalue weighted by molar-refractivity contribution is 8.00. The number of aromatic nitrogens is 1. The summed E-state index contributed by atoms with van der Waals surface area (Å²) in [6.07, 6.45) is -4.75. The molecule has 0 spiro atoms. The number of alkyl halides is 3. The summed E-state index contributed by atoms with van der Waals surface area (Å²) < 4.78 is 65.4. The number of pyridine rings is 1. The third kappa shape index (κ3) is 5.16. The zero-order valence-corrected chi connectivity index (χ0v) is 18.2. The van der Waals surface area contributed by atoms with Gasteiger partial charge in [0.15, 0.2) is 9.84 Å². The number of nitriles is 1. The molecule has 3 aromatic rings. The molecule has 30 heavy (non-hydrogen) atoms. The molecule has 2 aromatic heterocycles. The van der Waals surface area contributed by atoms with Crippen LogP contribution in [0.4, 0.5) is 13.2 Å². The van der Waals surface area contributed by atoms with Gasteiger partial charge in [0.1, 0.15) is 11.1 Å². The average molecular weight is 489 g/mol. The maximum absolute atomic E-state index is 13.5. The number of benzene rings is 1. The Morgan fingerprint density at radius 2 is 1.90 bits per heavy atom. The summed E-state index contributed by atoms with van der Waals surface area (Å²) in [7, 11) is -3.67. The maximum Gasteiger partial charge on any atom is 0.417 e. The van der Waals surface area contributed by atoms with Crippen LogP contribution in [0.1, 0.15) is 11.1 Å². The molecule has 0 radical (unpaired) electrons. The molecule has 3 rings (SSSR count). The van der Waals surface area contributed by atoms with Gasteiger partial charge < -0.3 is 0 Å². The lowest BCUT2D eigenvalue weighted by Crippen LogP contribution is -2.12. The number of sulfone groups is 1. The Morgan fingerprint density at radius 3 is 2.47 bits per heavy atom. The summed E-state index contributed by atoms with van der Waals surface area (Å²) >= 11 is 7.78. The molecule has 156 valence electrons. The van der Waals surface area contributed by atoms with Crippen LogP contribution < -0.4 is 0 Å². The zero-order chi connectivity index (χ0) is 21.9. The van der Waals surface area contributed by atoms with Gasteiger partial charge in [0.2, 0.25) is 0 Å². The van der Waals surface area contributed by atoms with Gasteiger partial charge in [0, 0.05) is 10.8 Å². The van der Waals surface area contributed by atoms with Gasteiger partial charge in [0.25, 0.3) is 0 Å². The Morgan fingerprint density at radius 1 is 1.20 bits per heavy atom. The van der Waals surface area contributed by atoms with Crippen LogP contribution in [-0.4, -0.2) is 24.9 Å². The highest BCUT2D eigenvalue weighted by Gasteiger charge is 2.36. The maximum atomic E-state index is 13.5. The third-order valence-corrected chi connectivity index (χ3v) is 8.05. The minimum atomic E-state index is -4.75. The van der Waals surface area contributed by atoms with Crippen LogP contribution >= 0.6 is 34.7 Å². The monoisotopic (exact) mass is 488 g/mol. The number of hydrogen-bond acceptors (Lipinski definition) is 6. The fourth-order valence-corrected chi connectivity index (χ4v) is 5.98. The normalized spacial score (nSPS) is 12.0. The smallest absolute Gasteiger partial charge is 0.239 e. The van der Waals surface area contributed by atoms with Crippen LogP contribution in [-0.2, 0) is 16.0 Å². The second-order valence-electron chi connectivity index (χ2n) is 5.94. The molecule has 0 saturated carbocycles. The van der Waals surface area contributed by atoms with Gasteiger partial charge >= 0.3 is 6.18 Å². The molecule has 0 aliphatic rings. The van der Waals surface area contributed by atoms with Crippen LogP contribution in [0.3, 0.4) is 0 Å². The van der Waals surface area contributed by atoms with E-state index in [4.69, 9.17) is 11.6 Å². The molecule has 0 fully saturated rings. The number of thioether (sulfide) groups is 1. The van der Waals surface area contributed by atoms with Gasteiger partial charge in [-0.1, -0.05) is 17.7 Å². The number of thiophene rings is 1. The van der Waals surface area contributed by atoms with E-state index in [1.54, 1.807) is 23.6 Å². The molecule has 0 bridgehead atoms. The van der Waals surface area contributed by atoms with E-state index in [1.165, 1.54) is 35.6 Å². The molecular formula is C19H12ClF3N2O2S3. The molecule has 2 heterocycles. The Kier molecular flexibility index (Phi) is 6.77. The minimum absolute atomic E-state index is 0.0595. The first-order valence-electron chi connectivity index (χ1n) is 8.29. The molecule has 0 N–H and O–H groups in total. The van der Waals surface area contributed by atoms with Crippen molar-refractivity contribution in [3.63, 3.8) is 0 Å². The highest BCUT2D eigenvalue weighted by atomic mass is 35.5. The summed E-state index contributed by atoms with van der Waals surface area (Å²) in [6, 6.07) is 11.3. The lowest BCUT2D eigenvalue weighted by Gasteiger charge is -2.13. The first-order valence-corrected chi connectivity index (χ1v) is 12.2. The van der Waals surface area contributed by atoms with E-state index in [0.29, 0.717) is 9.90 Å². The molecule has 1 aromatic carbocycles. The first-order chi connectivity index (χ1) is 14.1. The van der Waals surface area contributed by atoms with Crippen LogP contribution in [0.5, 0.6) is 0 Å². The zero-order valence-electron chi connectivity index (χ0n) is 15.0. The lowest BCUT2D eigenvalue weighted by molar-refractivity contribution is -0.138.